The molecule has 27 heavy (non-hydrogen) atoms. The molecule has 146 valence electrons. The van der Waals surface area contributed by atoms with E-state index in [1.807, 2.05) is 0 Å². The largest absolute Gasteiger partial charge is 0.507 e. The van der Waals surface area contributed by atoms with Crippen LogP contribution in [0.4, 0.5) is 0 Å². The minimum absolute atomic E-state index is 0.0203. The number of carboxylic acids is 1. The molecule has 1 saturated carbocycles. The van der Waals surface area contributed by atoms with Gasteiger partial charge >= 0.3 is 13.1 Å². The van der Waals surface area contributed by atoms with Gasteiger partial charge in [0.25, 0.3) is 0 Å². The quantitative estimate of drug-likeness (QED) is 0.496. The van der Waals surface area contributed by atoms with Gasteiger partial charge in [-0.05, 0) is 43.1 Å². The maximum atomic E-state index is 12.1. The fourth-order valence-electron chi connectivity index (χ4n) is 3.38. The molecule has 2 fully saturated rings. The number of carbonyl (C=O) groups is 2. The lowest BCUT2D eigenvalue weighted by molar-refractivity contribution is -0.141. The highest BCUT2D eigenvalue weighted by Gasteiger charge is 2.35. The van der Waals surface area contributed by atoms with Crippen LogP contribution in [-0.2, 0) is 11.2 Å². The number of nitrogens with zero attached hydrogens (tertiary/aromatic N) is 1. The van der Waals surface area contributed by atoms with Crippen molar-refractivity contribution in [3.05, 3.63) is 23.3 Å². The van der Waals surface area contributed by atoms with Crippen molar-refractivity contribution in [1.29, 1.82) is 0 Å². The van der Waals surface area contributed by atoms with Gasteiger partial charge < -0.3 is 29.9 Å². The lowest BCUT2D eigenvalue weighted by Crippen LogP contribution is -2.56. The number of benzene rings is 1. The van der Waals surface area contributed by atoms with E-state index in [1.165, 1.54) is 18.6 Å². The van der Waals surface area contributed by atoms with Crippen LogP contribution in [0.15, 0.2) is 12.1 Å². The number of aryl methyl sites for hydroxylation is 1. The highest BCUT2D eigenvalue weighted by atomic mass is 16.5. The minimum Gasteiger partial charge on any atom is -0.507 e. The first kappa shape index (κ1) is 19.5. The van der Waals surface area contributed by atoms with Gasteiger partial charge in [0.2, 0.25) is 5.91 Å². The van der Waals surface area contributed by atoms with E-state index in [0.29, 0.717) is 31.0 Å². The monoisotopic (exact) mass is 377 g/mol. The van der Waals surface area contributed by atoms with Crippen LogP contribution in [0, 0.1) is 5.92 Å². The Kier molecular flexibility index (Phi) is 5.91. The first-order valence-corrected chi connectivity index (χ1v) is 9.24. The molecule has 1 aromatic carbocycles. The molecule has 3 rings (SSSR count). The number of hydrogen-bond donors (Lipinski definition) is 4. The van der Waals surface area contributed by atoms with Gasteiger partial charge in [0, 0.05) is 6.42 Å². The molecule has 0 unspecified atom stereocenters. The number of ether oxygens (including phenoxy) is 1. The van der Waals surface area contributed by atoms with E-state index in [1.54, 1.807) is 4.90 Å². The Morgan fingerprint density at radius 2 is 1.93 bits per heavy atom. The summed E-state index contributed by atoms with van der Waals surface area (Å²) in [4.78, 5) is 25.4. The van der Waals surface area contributed by atoms with Crippen molar-refractivity contribution < 1.29 is 34.6 Å². The van der Waals surface area contributed by atoms with Crippen LogP contribution in [-0.4, -0.2) is 63.3 Å². The molecule has 0 aromatic heterocycles. The second-order valence-electron chi connectivity index (χ2n) is 7.31. The normalized spacial score (nSPS) is 17.2. The Morgan fingerprint density at radius 1 is 1.22 bits per heavy atom. The highest BCUT2D eigenvalue weighted by Crippen LogP contribution is 2.34. The zero-order valence-electron chi connectivity index (χ0n) is 15.0. The molecule has 1 amide bonds. The van der Waals surface area contributed by atoms with Gasteiger partial charge in [-0.1, -0.05) is 12.5 Å². The summed E-state index contributed by atoms with van der Waals surface area (Å²) in [5.74, 6) is -1.11. The number of hydrogen-bond acceptors (Lipinski definition) is 6. The number of amides is 1. The van der Waals surface area contributed by atoms with Crippen molar-refractivity contribution in [3.63, 3.8) is 0 Å². The summed E-state index contributed by atoms with van der Waals surface area (Å²) >= 11 is 0. The van der Waals surface area contributed by atoms with E-state index in [0.717, 1.165) is 12.8 Å². The van der Waals surface area contributed by atoms with Crippen LogP contribution in [0.25, 0.3) is 0 Å². The van der Waals surface area contributed by atoms with Crippen LogP contribution in [0.3, 0.4) is 0 Å². The van der Waals surface area contributed by atoms with E-state index in [9.17, 15) is 19.8 Å². The maximum absolute atomic E-state index is 12.1. The summed E-state index contributed by atoms with van der Waals surface area (Å²) in [6, 6.07) is 2.97. The summed E-state index contributed by atoms with van der Waals surface area (Å²) < 4.78 is 5.70. The number of likely N-dealkylation sites (tertiary alicyclic amines) is 1. The zero-order valence-corrected chi connectivity index (χ0v) is 15.0. The summed E-state index contributed by atoms with van der Waals surface area (Å²) in [6.45, 7) is 0.813. The van der Waals surface area contributed by atoms with Gasteiger partial charge in [0.15, 0.2) is 0 Å². The predicted molar refractivity (Wildman–Crippen MR) is 96.7 cm³/mol. The van der Waals surface area contributed by atoms with E-state index in [4.69, 9.17) is 14.8 Å². The summed E-state index contributed by atoms with van der Waals surface area (Å²) in [7, 11) is -1.54. The van der Waals surface area contributed by atoms with Gasteiger partial charge in [0.1, 0.15) is 23.2 Å². The summed E-state index contributed by atoms with van der Waals surface area (Å²) in [5.41, 5.74) is -0.0436. The first-order valence-electron chi connectivity index (χ1n) is 9.24. The van der Waals surface area contributed by atoms with Gasteiger partial charge in [-0.25, -0.2) is 4.79 Å². The van der Waals surface area contributed by atoms with Gasteiger partial charge in [-0.15, -0.1) is 0 Å². The fourth-order valence-corrected chi connectivity index (χ4v) is 3.38. The lowest BCUT2D eigenvalue weighted by atomic mass is 9.82. The van der Waals surface area contributed by atoms with Crippen molar-refractivity contribution in [1.82, 2.24) is 4.90 Å². The Hall–Kier alpha value is -2.26. The van der Waals surface area contributed by atoms with Gasteiger partial charge in [-0.2, -0.15) is 0 Å². The lowest BCUT2D eigenvalue weighted by Gasteiger charge is -2.40. The molecule has 1 aliphatic carbocycles. The molecule has 9 heteroatoms. The van der Waals surface area contributed by atoms with Crippen LogP contribution >= 0.6 is 0 Å². The van der Waals surface area contributed by atoms with Crippen LogP contribution in [0.1, 0.15) is 41.6 Å². The number of aromatic hydroxyl groups is 1. The number of rotatable bonds is 8. The third-order valence-corrected chi connectivity index (χ3v) is 5.29. The van der Waals surface area contributed by atoms with E-state index in [2.05, 4.69) is 0 Å². The zero-order chi connectivity index (χ0) is 19.6. The molecular weight excluding hydrogens is 353 g/mol. The Bertz CT molecular complexity index is 714. The van der Waals surface area contributed by atoms with E-state index < -0.39 is 18.8 Å². The average molecular weight is 377 g/mol. The molecule has 2 aliphatic rings. The van der Waals surface area contributed by atoms with Crippen LogP contribution < -0.4 is 4.74 Å². The predicted octanol–water partition coefficient (Wildman–Crippen LogP) is 0.885. The van der Waals surface area contributed by atoms with E-state index in [-0.39, 0.29) is 36.1 Å². The molecule has 0 spiro atoms. The van der Waals surface area contributed by atoms with Gasteiger partial charge in [0.05, 0.1) is 13.1 Å². The maximum Gasteiger partial charge on any atom is 0.451 e. The minimum atomic E-state index is -1.54. The Labute approximate surface area is 157 Å². The molecule has 0 bridgehead atoms. The van der Waals surface area contributed by atoms with Crippen molar-refractivity contribution >= 4 is 19.0 Å². The van der Waals surface area contributed by atoms with Crippen LogP contribution in [0.5, 0.6) is 11.5 Å². The standard InChI is InChI=1S/C18H24BNO7/c21-15(8-11-2-1-3-11)20-9-13(10-20)27-14-5-4-12(6-7-19(25)26)17(22)16(14)18(23)24/h4-5,11,13,22,25-26H,1-3,6-10H2,(H,23,24). The molecule has 0 radical (unpaired) electrons. The smallest absolute Gasteiger partial charge is 0.451 e. The molecule has 0 atom stereocenters. The molecule has 4 N–H and O–H groups in total. The Morgan fingerprint density at radius 3 is 2.48 bits per heavy atom. The van der Waals surface area contributed by atoms with Gasteiger partial charge in [-0.3, -0.25) is 4.79 Å². The highest BCUT2D eigenvalue weighted by molar-refractivity contribution is 6.41. The number of carbonyl (C=O) groups excluding carboxylic acids is 1. The number of carboxylic acid groups (broad SMARTS) is 1. The van der Waals surface area contributed by atoms with Crippen molar-refractivity contribution in [2.75, 3.05) is 13.1 Å². The average Bonchev–Trinajstić information content (AvgIpc) is 2.52. The number of aromatic carboxylic acids is 1. The van der Waals surface area contributed by atoms with Crippen LogP contribution in [0.2, 0.25) is 6.32 Å². The second kappa shape index (κ2) is 8.18. The van der Waals surface area contributed by atoms with Crippen molar-refractivity contribution in [2.24, 2.45) is 5.92 Å². The molecule has 1 aromatic rings. The van der Waals surface area contributed by atoms with E-state index >= 15 is 0 Å². The number of phenols is 1. The second-order valence-corrected chi connectivity index (χ2v) is 7.31. The first-order chi connectivity index (χ1) is 12.8. The molecule has 1 heterocycles. The molecule has 8 nitrogen and oxygen atoms in total. The SMILES string of the molecule is O=C(O)c1c(OC2CN(C(=O)CC3CCC3)C2)ccc(CCB(O)O)c1O. The molecule has 1 aliphatic heterocycles. The third-order valence-electron chi connectivity index (χ3n) is 5.29. The van der Waals surface area contributed by atoms with Crippen molar-refractivity contribution in [3.8, 4) is 11.5 Å². The topological polar surface area (TPSA) is 128 Å². The van der Waals surface area contributed by atoms with Crippen molar-refractivity contribution in [2.45, 2.75) is 44.5 Å². The fraction of sp³-hybridized carbons (Fsp3) is 0.556. The summed E-state index contributed by atoms with van der Waals surface area (Å²) in [5, 5.41) is 37.5. The Balaban J connectivity index is 1.60. The third kappa shape index (κ3) is 4.54. The summed E-state index contributed by atoms with van der Waals surface area (Å²) in [6.07, 6.45) is 3.78. The molecular formula is C18H24BNO7. The molecule has 1 saturated heterocycles.